The molecule has 0 aromatic heterocycles. The number of Topliss-reactive ketones (excluding diaryl/α,β-unsaturated/α-hetero) is 1. The van der Waals surface area contributed by atoms with Crippen molar-refractivity contribution in [1.82, 2.24) is 4.90 Å². The van der Waals surface area contributed by atoms with Crippen LogP contribution in [0.3, 0.4) is 0 Å². The number of hydrogen-bond donors (Lipinski definition) is 1. The van der Waals surface area contributed by atoms with Crippen LogP contribution < -0.4 is 0 Å². The molecule has 7 rings (SSSR count). The SMILES string of the molecule is CC(C)C1=C2C3CCC4C(C)(CCC5C(C)C(OC(=O)CC(C)(C)C(=O)O)CCC54C)C3CCC2(CCN2CCc3ccccc3C2)CC1=O. The first-order valence-corrected chi connectivity index (χ1v) is 20.1. The van der Waals surface area contributed by atoms with Crippen molar-refractivity contribution in [2.24, 2.45) is 57.2 Å². The number of benzene rings is 1. The minimum Gasteiger partial charge on any atom is -0.481 e. The standard InChI is InChI=1S/C44H63NO5/c1-27(2)38-34(46)24-44(21-23-45-22-17-29-10-8-9-11-30(29)26-45)20-15-33-31(39(38)44)12-13-36-42(6)19-16-35(28(3)32(42)14-18-43(33,36)7)50-37(47)25-41(4,5)40(48)49/h8-11,27-28,31-33,35-36H,12-26H2,1-7H3,(H,48,49). The second kappa shape index (κ2) is 12.9. The summed E-state index contributed by atoms with van der Waals surface area (Å²) in [5.41, 5.74) is 5.12. The maximum Gasteiger partial charge on any atom is 0.309 e. The Kier molecular flexibility index (Phi) is 9.25. The largest absolute Gasteiger partial charge is 0.481 e. The minimum absolute atomic E-state index is 0.0325. The minimum atomic E-state index is -1.12. The predicted octanol–water partition coefficient (Wildman–Crippen LogP) is 9.05. The van der Waals surface area contributed by atoms with Crippen LogP contribution in [0.1, 0.15) is 130 Å². The number of carbonyl (C=O) groups excluding carboxylic acids is 2. The average molecular weight is 686 g/mol. The third-order valence-corrected chi connectivity index (χ3v) is 15.8. The lowest BCUT2D eigenvalue weighted by molar-refractivity contribution is -0.192. The molecule has 0 bridgehead atoms. The highest BCUT2D eigenvalue weighted by atomic mass is 16.5. The number of hydrogen-bond acceptors (Lipinski definition) is 5. The highest BCUT2D eigenvalue weighted by Gasteiger charge is 2.65. The molecule has 0 amide bonds. The Morgan fingerprint density at radius 3 is 2.38 bits per heavy atom. The summed E-state index contributed by atoms with van der Waals surface area (Å²) in [4.78, 5) is 41.2. The quantitative estimate of drug-likeness (QED) is 0.275. The van der Waals surface area contributed by atoms with Crippen molar-refractivity contribution < 1.29 is 24.2 Å². The third-order valence-electron chi connectivity index (χ3n) is 15.8. The number of esters is 1. The number of allylic oxidation sites excluding steroid dienone is 2. The summed E-state index contributed by atoms with van der Waals surface area (Å²) in [6, 6.07) is 8.92. The molecule has 1 aromatic rings. The smallest absolute Gasteiger partial charge is 0.309 e. The van der Waals surface area contributed by atoms with Crippen LogP contribution in [0, 0.1) is 57.2 Å². The second-order valence-corrected chi connectivity index (χ2v) is 19.2. The van der Waals surface area contributed by atoms with E-state index in [4.69, 9.17) is 4.74 Å². The van der Waals surface area contributed by atoms with Gasteiger partial charge in [-0.2, -0.15) is 0 Å². The van der Waals surface area contributed by atoms with Gasteiger partial charge in [0.15, 0.2) is 5.78 Å². The summed E-state index contributed by atoms with van der Waals surface area (Å²) in [5.74, 6) is 1.89. The number of fused-ring (bicyclic) bond motifs is 8. The molecule has 6 nitrogen and oxygen atoms in total. The number of carboxylic acids is 1. The van der Waals surface area contributed by atoms with Crippen molar-refractivity contribution in [2.75, 3.05) is 13.1 Å². The molecule has 274 valence electrons. The van der Waals surface area contributed by atoms with Crippen molar-refractivity contribution in [2.45, 2.75) is 138 Å². The summed E-state index contributed by atoms with van der Waals surface area (Å²) in [6.07, 6.45) is 11.8. The Labute approximate surface area is 301 Å². The van der Waals surface area contributed by atoms with Gasteiger partial charge in [0.1, 0.15) is 6.10 Å². The lowest BCUT2D eigenvalue weighted by Gasteiger charge is -2.67. The second-order valence-electron chi connectivity index (χ2n) is 19.2. The number of ketones is 1. The average Bonchev–Trinajstić information content (AvgIpc) is 3.37. The molecule has 1 N–H and O–H groups in total. The van der Waals surface area contributed by atoms with Crippen LogP contribution in [-0.4, -0.2) is 46.9 Å². The summed E-state index contributed by atoms with van der Waals surface area (Å²) in [5, 5.41) is 9.55. The van der Waals surface area contributed by atoms with E-state index in [1.54, 1.807) is 19.4 Å². The maximum atomic E-state index is 14.0. The van der Waals surface area contributed by atoms with Gasteiger partial charge in [-0.1, -0.05) is 64.5 Å². The van der Waals surface area contributed by atoms with Crippen molar-refractivity contribution in [3.8, 4) is 0 Å². The summed E-state index contributed by atoms with van der Waals surface area (Å²) >= 11 is 0. The van der Waals surface area contributed by atoms with Crippen LogP contribution >= 0.6 is 0 Å². The van der Waals surface area contributed by atoms with Crippen molar-refractivity contribution in [3.05, 3.63) is 46.5 Å². The highest BCUT2D eigenvalue weighted by molar-refractivity contribution is 6.00. The molecule has 1 aliphatic heterocycles. The molecule has 1 aromatic carbocycles. The first kappa shape index (κ1) is 35.9. The van der Waals surface area contributed by atoms with Crippen LogP contribution in [0.5, 0.6) is 0 Å². The molecule has 5 aliphatic carbocycles. The van der Waals surface area contributed by atoms with E-state index in [-0.39, 0.29) is 46.6 Å². The Morgan fingerprint density at radius 2 is 1.66 bits per heavy atom. The fraction of sp³-hybridized carbons (Fsp3) is 0.750. The van der Waals surface area contributed by atoms with Crippen LogP contribution in [0.15, 0.2) is 35.4 Å². The number of ether oxygens (including phenoxy) is 1. The van der Waals surface area contributed by atoms with Crippen molar-refractivity contribution >= 4 is 17.7 Å². The lowest BCUT2D eigenvalue weighted by atomic mass is 9.38. The van der Waals surface area contributed by atoms with Crippen LogP contribution in [0.2, 0.25) is 0 Å². The van der Waals surface area contributed by atoms with E-state index in [1.165, 1.54) is 42.4 Å². The fourth-order valence-corrected chi connectivity index (χ4v) is 13.3. The maximum absolute atomic E-state index is 14.0. The van der Waals surface area contributed by atoms with Gasteiger partial charge in [-0.05, 0) is 148 Å². The number of rotatable bonds is 8. The van der Waals surface area contributed by atoms with E-state index in [1.807, 2.05) is 0 Å². The molecule has 6 aliphatic rings. The van der Waals surface area contributed by atoms with E-state index in [0.717, 1.165) is 64.6 Å². The first-order chi connectivity index (χ1) is 23.6. The Bertz CT molecular complexity index is 1560. The van der Waals surface area contributed by atoms with E-state index in [0.29, 0.717) is 29.5 Å². The van der Waals surface area contributed by atoms with Gasteiger partial charge in [0.25, 0.3) is 0 Å². The molecule has 9 unspecified atom stereocenters. The molecule has 0 radical (unpaired) electrons. The van der Waals surface area contributed by atoms with Gasteiger partial charge in [0.2, 0.25) is 0 Å². The molecule has 4 saturated carbocycles. The summed E-state index contributed by atoms with van der Waals surface area (Å²) in [6.45, 7) is 18.4. The van der Waals surface area contributed by atoms with E-state index in [9.17, 15) is 19.5 Å². The van der Waals surface area contributed by atoms with E-state index in [2.05, 4.69) is 63.8 Å². The molecule has 50 heavy (non-hydrogen) atoms. The van der Waals surface area contributed by atoms with Gasteiger partial charge in [-0.15, -0.1) is 0 Å². The van der Waals surface area contributed by atoms with Crippen molar-refractivity contribution in [1.29, 1.82) is 0 Å². The zero-order valence-electron chi connectivity index (χ0n) is 32.0. The zero-order chi connectivity index (χ0) is 35.8. The Morgan fingerprint density at radius 1 is 0.980 bits per heavy atom. The summed E-state index contributed by atoms with van der Waals surface area (Å²) < 4.78 is 6.07. The molecular formula is C44H63NO5. The van der Waals surface area contributed by atoms with Gasteiger partial charge in [-0.3, -0.25) is 19.3 Å². The number of aliphatic carboxylic acids is 1. The Hall–Kier alpha value is -2.47. The molecular weight excluding hydrogens is 622 g/mol. The first-order valence-electron chi connectivity index (χ1n) is 20.1. The van der Waals surface area contributed by atoms with Gasteiger partial charge in [-0.25, -0.2) is 0 Å². The van der Waals surface area contributed by atoms with Gasteiger partial charge < -0.3 is 9.84 Å². The van der Waals surface area contributed by atoms with E-state index < -0.39 is 11.4 Å². The monoisotopic (exact) mass is 685 g/mol. The van der Waals surface area contributed by atoms with Gasteiger partial charge >= 0.3 is 11.9 Å². The van der Waals surface area contributed by atoms with Crippen molar-refractivity contribution in [3.63, 3.8) is 0 Å². The van der Waals surface area contributed by atoms with Crippen LogP contribution in [-0.2, 0) is 32.1 Å². The lowest BCUT2D eigenvalue weighted by Crippen LogP contribution is -2.60. The molecule has 0 spiro atoms. The molecule has 4 fully saturated rings. The number of carbonyl (C=O) groups is 3. The topological polar surface area (TPSA) is 83.9 Å². The zero-order valence-corrected chi connectivity index (χ0v) is 32.0. The molecule has 1 heterocycles. The van der Waals surface area contributed by atoms with E-state index >= 15 is 0 Å². The third kappa shape index (κ3) is 5.82. The van der Waals surface area contributed by atoms with Gasteiger partial charge in [0.05, 0.1) is 11.8 Å². The fourth-order valence-electron chi connectivity index (χ4n) is 13.3. The Balaban J connectivity index is 1.09. The predicted molar refractivity (Wildman–Crippen MR) is 196 cm³/mol. The molecule has 9 atom stereocenters. The number of nitrogens with zero attached hydrogens (tertiary/aromatic N) is 1. The van der Waals surface area contributed by atoms with Gasteiger partial charge in [0, 0.05) is 24.9 Å². The molecule has 6 heteroatoms. The van der Waals surface area contributed by atoms with Crippen LogP contribution in [0.4, 0.5) is 0 Å². The summed E-state index contributed by atoms with van der Waals surface area (Å²) in [7, 11) is 0. The van der Waals surface area contributed by atoms with Crippen LogP contribution in [0.25, 0.3) is 0 Å². The number of carboxylic acid groups (broad SMARTS) is 1. The normalized spacial score (nSPS) is 38.5. The highest BCUT2D eigenvalue weighted by Crippen LogP contribution is 2.72. The molecule has 0 saturated heterocycles.